The number of H-pyrrole nitrogens is 1. The summed E-state index contributed by atoms with van der Waals surface area (Å²) in [5.74, 6) is -1.38. The highest BCUT2D eigenvalue weighted by atomic mass is 19.1. The van der Waals surface area contributed by atoms with Gasteiger partial charge >= 0.3 is 5.69 Å². The fourth-order valence-corrected chi connectivity index (χ4v) is 1.93. The van der Waals surface area contributed by atoms with Gasteiger partial charge in [-0.25, -0.2) is 9.18 Å². The van der Waals surface area contributed by atoms with Gasteiger partial charge in [0.25, 0.3) is 5.56 Å². The van der Waals surface area contributed by atoms with E-state index >= 15 is 0 Å². The predicted molar refractivity (Wildman–Crippen MR) is 61.3 cm³/mol. The number of aromatic amines is 1. The summed E-state index contributed by atoms with van der Waals surface area (Å²) in [5.41, 5.74) is 3.51. The van der Waals surface area contributed by atoms with Crippen LogP contribution in [0.5, 0.6) is 0 Å². The molecule has 0 amide bonds. The summed E-state index contributed by atoms with van der Waals surface area (Å²) in [7, 11) is 0. The molecule has 10 nitrogen and oxygen atoms in total. The quantitative estimate of drug-likeness (QED) is 0.367. The summed E-state index contributed by atoms with van der Waals surface area (Å²) in [6.07, 6.45) is -5.92. The van der Waals surface area contributed by atoms with Crippen molar-refractivity contribution in [2.75, 3.05) is 6.61 Å². The lowest BCUT2D eigenvalue weighted by molar-refractivity contribution is -0.124. The average Bonchev–Trinajstić information content (AvgIpc) is 2.69. The molecule has 1 fully saturated rings. The van der Waals surface area contributed by atoms with Crippen LogP contribution < -0.4 is 11.2 Å². The molecule has 0 bridgehead atoms. The van der Waals surface area contributed by atoms with Crippen LogP contribution in [0.1, 0.15) is 6.23 Å². The Morgan fingerprint density at radius 3 is 2.86 bits per heavy atom. The fraction of sp³-hybridized carbons (Fsp3) is 0.556. The molecular formula is C9H9F2N5O5. The number of hydrogen-bond donors (Lipinski definition) is 3. The summed E-state index contributed by atoms with van der Waals surface area (Å²) < 4.78 is 32.5. The molecule has 3 N–H and O–H groups in total. The van der Waals surface area contributed by atoms with Crippen LogP contribution in [-0.2, 0) is 4.74 Å². The molecule has 1 aromatic heterocycles. The van der Waals surface area contributed by atoms with Crippen molar-refractivity contribution in [1.29, 1.82) is 0 Å². The van der Waals surface area contributed by atoms with E-state index in [1.807, 2.05) is 0 Å². The number of alkyl halides is 1. The fourth-order valence-electron chi connectivity index (χ4n) is 1.93. The van der Waals surface area contributed by atoms with Crippen LogP contribution in [0, 0.1) is 5.82 Å². The maximum Gasteiger partial charge on any atom is 0.330 e. The van der Waals surface area contributed by atoms with Crippen molar-refractivity contribution in [2.45, 2.75) is 24.2 Å². The number of nitrogens with one attached hydrogen (secondary N) is 1. The lowest BCUT2D eigenvalue weighted by atomic mass is 10.1. The molecule has 1 saturated heterocycles. The van der Waals surface area contributed by atoms with E-state index in [1.54, 1.807) is 4.98 Å². The molecule has 4 atom stereocenters. The molecule has 0 aromatic carbocycles. The van der Waals surface area contributed by atoms with Crippen molar-refractivity contribution in [3.8, 4) is 0 Å². The number of hydrogen-bond acceptors (Lipinski definition) is 6. The van der Waals surface area contributed by atoms with Crippen molar-refractivity contribution in [1.82, 2.24) is 9.55 Å². The van der Waals surface area contributed by atoms with E-state index in [-0.39, 0.29) is 0 Å². The normalized spacial score (nSPS) is 31.9. The molecule has 4 unspecified atom stereocenters. The highest BCUT2D eigenvalue weighted by molar-refractivity contribution is 5.01. The summed E-state index contributed by atoms with van der Waals surface area (Å²) in [4.78, 5) is 26.3. The summed E-state index contributed by atoms with van der Waals surface area (Å²) in [5, 5.41) is 21.8. The maximum atomic E-state index is 14.0. The summed E-state index contributed by atoms with van der Waals surface area (Å²) in [6, 6.07) is 0. The number of aromatic nitrogens is 2. The molecule has 2 heterocycles. The Labute approximate surface area is 113 Å². The first kappa shape index (κ1) is 15.1. The first-order valence-corrected chi connectivity index (χ1v) is 5.54. The first-order valence-electron chi connectivity index (χ1n) is 5.54. The van der Waals surface area contributed by atoms with E-state index in [0.717, 1.165) is 0 Å². The van der Waals surface area contributed by atoms with Crippen LogP contribution in [0.4, 0.5) is 8.78 Å². The molecule has 114 valence electrons. The second-order valence-electron chi connectivity index (χ2n) is 4.23. The Bertz CT molecular complexity index is 713. The van der Waals surface area contributed by atoms with Gasteiger partial charge in [-0.3, -0.25) is 14.3 Å². The van der Waals surface area contributed by atoms with Crippen LogP contribution in [0.25, 0.3) is 10.4 Å². The number of aliphatic hydroxyl groups is 2. The number of aliphatic hydroxyl groups excluding tert-OH is 2. The van der Waals surface area contributed by atoms with Gasteiger partial charge in [-0.15, -0.1) is 0 Å². The number of ether oxygens (including phenoxy) is 1. The van der Waals surface area contributed by atoms with Crippen molar-refractivity contribution in [3.63, 3.8) is 0 Å². The van der Waals surface area contributed by atoms with Gasteiger partial charge in [-0.1, -0.05) is 5.11 Å². The Hall–Kier alpha value is -2.27. The molecule has 1 aromatic rings. The largest absolute Gasteiger partial charge is 0.393 e. The van der Waals surface area contributed by atoms with Crippen molar-refractivity contribution >= 4 is 0 Å². The topological polar surface area (TPSA) is 153 Å². The van der Waals surface area contributed by atoms with Gasteiger partial charge in [-0.2, -0.15) is 4.39 Å². The second kappa shape index (κ2) is 5.26. The zero-order chi connectivity index (χ0) is 15.8. The van der Waals surface area contributed by atoms with Gasteiger partial charge in [0.05, 0.1) is 12.8 Å². The summed E-state index contributed by atoms with van der Waals surface area (Å²) in [6.45, 7) is -1.07. The first-order chi connectivity index (χ1) is 9.86. The van der Waals surface area contributed by atoms with Crippen molar-refractivity contribution in [2.24, 2.45) is 5.11 Å². The predicted octanol–water partition coefficient (Wildman–Crippen LogP) is -1.10. The minimum atomic E-state index is -2.36. The van der Waals surface area contributed by atoms with E-state index < -0.39 is 47.9 Å². The van der Waals surface area contributed by atoms with Crippen LogP contribution >= 0.6 is 0 Å². The highest BCUT2D eigenvalue weighted by Gasteiger charge is 2.56. The number of rotatable bonds is 3. The van der Waals surface area contributed by atoms with Gasteiger partial charge < -0.3 is 14.9 Å². The van der Waals surface area contributed by atoms with Crippen LogP contribution in [0.15, 0.2) is 20.9 Å². The third kappa shape index (κ3) is 2.29. The minimum Gasteiger partial charge on any atom is -0.393 e. The number of nitrogens with zero attached hydrogens (tertiary/aromatic N) is 4. The molecule has 21 heavy (non-hydrogen) atoms. The van der Waals surface area contributed by atoms with E-state index in [1.165, 1.54) is 0 Å². The molecule has 0 radical (unpaired) electrons. The van der Waals surface area contributed by atoms with Gasteiger partial charge in [-0.05, 0) is 5.53 Å². The van der Waals surface area contributed by atoms with Crippen LogP contribution in [0.2, 0.25) is 0 Å². The minimum absolute atomic E-state index is 0.342. The van der Waals surface area contributed by atoms with Crippen LogP contribution in [-0.4, -0.2) is 44.4 Å². The average molecular weight is 305 g/mol. The lowest BCUT2D eigenvalue weighted by Gasteiger charge is -2.23. The van der Waals surface area contributed by atoms with E-state index in [2.05, 4.69) is 10.0 Å². The Balaban J connectivity index is 2.52. The van der Waals surface area contributed by atoms with E-state index in [4.69, 9.17) is 15.4 Å². The third-order valence-electron chi connectivity index (χ3n) is 3.00. The third-order valence-corrected chi connectivity index (χ3v) is 3.00. The SMILES string of the molecule is [N-]=[N+]=NC1(CO)OC(n2cc(F)c(=O)[nH]c2=O)C(F)C1O. The monoisotopic (exact) mass is 305 g/mol. The lowest BCUT2D eigenvalue weighted by Crippen LogP contribution is -2.43. The smallest absolute Gasteiger partial charge is 0.330 e. The van der Waals surface area contributed by atoms with E-state index in [9.17, 15) is 23.5 Å². The molecule has 0 saturated carbocycles. The molecule has 1 aliphatic rings. The molecule has 0 aliphatic carbocycles. The molecule has 2 rings (SSSR count). The zero-order valence-electron chi connectivity index (χ0n) is 10.2. The maximum absolute atomic E-state index is 14.0. The van der Waals surface area contributed by atoms with Gasteiger partial charge in [0.1, 0.15) is 6.10 Å². The van der Waals surface area contributed by atoms with Crippen molar-refractivity contribution in [3.05, 3.63) is 43.3 Å². The standard InChI is InChI=1S/C9H9F2N5O5/c10-3-1-16(8(20)13-6(3)19)7-4(11)5(18)9(2-17,21-7)14-15-12/h1,4-5,7,17-18H,2H2,(H,13,19,20). The number of halogens is 2. The second-order valence-corrected chi connectivity index (χ2v) is 4.23. The molecule has 1 aliphatic heterocycles. The summed E-state index contributed by atoms with van der Waals surface area (Å²) >= 11 is 0. The van der Waals surface area contributed by atoms with Gasteiger partial charge in [0.15, 0.2) is 12.4 Å². The van der Waals surface area contributed by atoms with Gasteiger partial charge in [0, 0.05) is 4.91 Å². The highest BCUT2D eigenvalue weighted by Crippen LogP contribution is 2.39. The molecular weight excluding hydrogens is 296 g/mol. The Morgan fingerprint density at radius 1 is 1.62 bits per heavy atom. The Morgan fingerprint density at radius 2 is 2.29 bits per heavy atom. The van der Waals surface area contributed by atoms with Gasteiger partial charge in [0.2, 0.25) is 11.5 Å². The van der Waals surface area contributed by atoms with Crippen LogP contribution in [0.3, 0.4) is 0 Å². The number of azide groups is 1. The van der Waals surface area contributed by atoms with E-state index in [0.29, 0.717) is 10.8 Å². The molecule has 12 heteroatoms. The Kier molecular flexibility index (Phi) is 3.78. The van der Waals surface area contributed by atoms with Crippen molar-refractivity contribution < 1.29 is 23.7 Å². The molecule has 0 spiro atoms. The zero-order valence-corrected chi connectivity index (χ0v) is 10.2.